The summed E-state index contributed by atoms with van der Waals surface area (Å²) in [4.78, 5) is 11.5. The fraction of sp³-hybridized carbons (Fsp3) is 0.308. The molecule has 0 atom stereocenters. The SMILES string of the molecule is C/C(=C\C(=O)NC(C)C)c1ccc(Cl)cc1. The first-order valence-corrected chi connectivity index (χ1v) is 5.61. The highest BCUT2D eigenvalue weighted by atomic mass is 35.5. The monoisotopic (exact) mass is 237 g/mol. The maximum absolute atomic E-state index is 11.5. The van der Waals surface area contributed by atoms with Crippen molar-refractivity contribution >= 4 is 23.1 Å². The number of rotatable bonds is 3. The number of carbonyl (C=O) groups excluding carboxylic acids is 1. The molecule has 86 valence electrons. The van der Waals surface area contributed by atoms with Crippen LogP contribution < -0.4 is 5.32 Å². The van der Waals surface area contributed by atoms with E-state index in [9.17, 15) is 4.79 Å². The van der Waals surface area contributed by atoms with Crippen LogP contribution in [0.4, 0.5) is 0 Å². The number of hydrogen-bond donors (Lipinski definition) is 1. The van der Waals surface area contributed by atoms with Crippen LogP contribution in [0.1, 0.15) is 26.3 Å². The zero-order chi connectivity index (χ0) is 12.1. The highest BCUT2D eigenvalue weighted by molar-refractivity contribution is 6.30. The van der Waals surface area contributed by atoms with Crippen molar-refractivity contribution < 1.29 is 4.79 Å². The van der Waals surface area contributed by atoms with Gasteiger partial charge < -0.3 is 5.32 Å². The number of halogens is 1. The van der Waals surface area contributed by atoms with E-state index in [1.165, 1.54) is 0 Å². The molecule has 1 rings (SSSR count). The van der Waals surface area contributed by atoms with Crippen LogP contribution in [-0.4, -0.2) is 11.9 Å². The lowest BCUT2D eigenvalue weighted by Gasteiger charge is -2.06. The van der Waals surface area contributed by atoms with Crippen LogP contribution >= 0.6 is 11.6 Å². The molecule has 0 fully saturated rings. The van der Waals surface area contributed by atoms with E-state index in [1.807, 2.05) is 45.0 Å². The van der Waals surface area contributed by atoms with Crippen LogP contribution in [0.25, 0.3) is 5.57 Å². The first kappa shape index (κ1) is 12.8. The number of hydrogen-bond acceptors (Lipinski definition) is 1. The van der Waals surface area contributed by atoms with Gasteiger partial charge in [-0.15, -0.1) is 0 Å². The predicted molar refractivity (Wildman–Crippen MR) is 68.4 cm³/mol. The molecule has 2 nitrogen and oxygen atoms in total. The van der Waals surface area contributed by atoms with E-state index in [2.05, 4.69) is 5.32 Å². The molecule has 1 N–H and O–H groups in total. The van der Waals surface area contributed by atoms with Crippen molar-refractivity contribution in [3.05, 3.63) is 40.9 Å². The van der Waals surface area contributed by atoms with Crippen molar-refractivity contribution in [3.8, 4) is 0 Å². The van der Waals surface area contributed by atoms with Gasteiger partial charge in [-0.05, 0) is 44.0 Å². The summed E-state index contributed by atoms with van der Waals surface area (Å²) in [7, 11) is 0. The number of carbonyl (C=O) groups is 1. The zero-order valence-corrected chi connectivity index (χ0v) is 10.5. The van der Waals surface area contributed by atoms with Crippen molar-refractivity contribution in [2.75, 3.05) is 0 Å². The van der Waals surface area contributed by atoms with E-state index < -0.39 is 0 Å². The summed E-state index contributed by atoms with van der Waals surface area (Å²) in [6.45, 7) is 5.77. The lowest BCUT2D eigenvalue weighted by molar-refractivity contribution is -0.116. The van der Waals surface area contributed by atoms with Crippen molar-refractivity contribution in [1.82, 2.24) is 5.32 Å². The molecule has 1 amide bonds. The second kappa shape index (κ2) is 5.71. The Labute approximate surface area is 101 Å². The van der Waals surface area contributed by atoms with Crippen LogP contribution in [0.15, 0.2) is 30.3 Å². The molecule has 0 saturated heterocycles. The summed E-state index contributed by atoms with van der Waals surface area (Å²) in [5.41, 5.74) is 1.93. The molecule has 0 aromatic heterocycles. The lowest BCUT2D eigenvalue weighted by atomic mass is 10.1. The molecule has 0 aliphatic rings. The molecule has 0 saturated carbocycles. The predicted octanol–water partition coefficient (Wildman–Crippen LogP) is 3.27. The maximum atomic E-state index is 11.5. The third-order valence-electron chi connectivity index (χ3n) is 2.08. The summed E-state index contributed by atoms with van der Waals surface area (Å²) < 4.78 is 0. The summed E-state index contributed by atoms with van der Waals surface area (Å²) in [6, 6.07) is 7.58. The van der Waals surface area contributed by atoms with Gasteiger partial charge in [-0.3, -0.25) is 4.79 Å². The number of benzene rings is 1. The second-order valence-electron chi connectivity index (χ2n) is 4.00. The molecule has 0 spiro atoms. The van der Waals surface area contributed by atoms with E-state index >= 15 is 0 Å². The number of amides is 1. The third-order valence-corrected chi connectivity index (χ3v) is 2.33. The molecule has 16 heavy (non-hydrogen) atoms. The summed E-state index contributed by atoms with van der Waals surface area (Å²) >= 11 is 5.79. The van der Waals surface area contributed by atoms with Crippen molar-refractivity contribution in [2.24, 2.45) is 0 Å². The van der Waals surface area contributed by atoms with Crippen LogP contribution in [-0.2, 0) is 4.79 Å². The Morgan fingerprint density at radius 1 is 1.31 bits per heavy atom. The molecular formula is C13H16ClNO. The fourth-order valence-corrected chi connectivity index (χ4v) is 1.44. The molecule has 0 bridgehead atoms. The highest BCUT2D eigenvalue weighted by Crippen LogP contribution is 2.16. The van der Waals surface area contributed by atoms with Crippen LogP contribution in [0, 0.1) is 0 Å². The minimum absolute atomic E-state index is 0.0672. The molecule has 0 unspecified atom stereocenters. The van der Waals surface area contributed by atoms with Gasteiger partial charge in [-0.25, -0.2) is 0 Å². The van der Waals surface area contributed by atoms with Gasteiger partial charge in [0, 0.05) is 17.1 Å². The molecular weight excluding hydrogens is 222 g/mol. The molecule has 0 aliphatic carbocycles. The smallest absolute Gasteiger partial charge is 0.244 e. The number of nitrogens with one attached hydrogen (secondary N) is 1. The average Bonchev–Trinajstić information content (AvgIpc) is 2.16. The molecule has 0 aliphatic heterocycles. The van der Waals surface area contributed by atoms with E-state index in [0.29, 0.717) is 5.02 Å². The first-order valence-electron chi connectivity index (χ1n) is 5.24. The highest BCUT2D eigenvalue weighted by Gasteiger charge is 2.01. The Kier molecular flexibility index (Phi) is 4.56. The molecule has 3 heteroatoms. The Bertz CT molecular complexity index is 393. The lowest BCUT2D eigenvalue weighted by Crippen LogP contribution is -2.28. The first-order chi connectivity index (χ1) is 7.49. The van der Waals surface area contributed by atoms with Crippen molar-refractivity contribution in [3.63, 3.8) is 0 Å². The van der Waals surface area contributed by atoms with Crippen LogP contribution in [0.5, 0.6) is 0 Å². The van der Waals surface area contributed by atoms with Gasteiger partial charge >= 0.3 is 0 Å². The minimum Gasteiger partial charge on any atom is -0.350 e. The second-order valence-corrected chi connectivity index (χ2v) is 4.43. The van der Waals surface area contributed by atoms with Gasteiger partial charge in [0.05, 0.1) is 0 Å². The standard InChI is InChI=1S/C13H16ClNO/c1-9(2)15-13(16)8-10(3)11-4-6-12(14)7-5-11/h4-9H,1-3H3,(H,15,16)/b10-8+. The van der Waals surface area contributed by atoms with Gasteiger partial charge in [-0.2, -0.15) is 0 Å². The largest absolute Gasteiger partial charge is 0.350 e. The van der Waals surface area contributed by atoms with Gasteiger partial charge in [0.1, 0.15) is 0 Å². The van der Waals surface area contributed by atoms with Gasteiger partial charge in [-0.1, -0.05) is 23.7 Å². The van der Waals surface area contributed by atoms with Gasteiger partial charge in [0.25, 0.3) is 0 Å². The normalized spacial score (nSPS) is 11.7. The topological polar surface area (TPSA) is 29.1 Å². The van der Waals surface area contributed by atoms with Crippen molar-refractivity contribution in [1.29, 1.82) is 0 Å². The Balaban J connectivity index is 2.77. The number of allylic oxidation sites excluding steroid dienone is 1. The minimum atomic E-state index is -0.0672. The van der Waals surface area contributed by atoms with E-state index in [1.54, 1.807) is 6.08 Å². The Morgan fingerprint density at radius 3 is 2.38 bits per heavy atom. The summed E-state index contributed by atoms with van der Waals surface area (Å²) in [5.74, 6) is -0.0672. The summed E-state index contributed by atoms with van der Waals surface area (Å²) in [6.07, 6.45) is 1.60. The average molecular weight is 238 g/mol. The van der Waals surface area contributed by atoms with Crippen LogP contribution in [0.3, 0.4) is 0 Å². The maximum Gasteiger partial charge on any atom is 0.244 e. The Hall–Kier alpha value is -1.28. The molecule has 1 aromatic carbocycles. The fourth-order valence-electron chi connectivity index (χ4n) is 1.32. The zero-order valence-electron chi connectivity index (χ0n) is 9.75. The Morgan fingerprint density at radius 2 is 1.88 bits per heavy atom. The third kappa shape index (κ3) is 4.07. The van der Waals surface area contributed by atoms with Crippen LogP contribution in [0.2, 0.25) is 5.02 Å². The van der Waals surface area contributed by atoms with E-state index in [-0.39, 0.29) is 11.9 Å². The van der Waals surface area contributed by atoms with Gasteiger partial charge in [0.2, 0.25) is 5.91 Å². The molecule has 1 aromatic rings. The van der Waals surface area contributed by atoms with Crippen molar-refractivity contribution in [2.45, 2.75) is 26.8 Å². The summed E-state index contributed by atoms with van der Waals surface area (Å²) in [5, 5.41) is 3.51. The quantitative estimate of drug-likeness (QED) is 0.804. The molecule has 0 radical (unpaired) electrons. The van der Waals surface area contributed by atoms with E-state index in [0.717, 1.165) is 11.1 Å². The van der Waals surface area contributed by atoms with E-state index in [4.69, 9.17) is 11.6 Å². The molecule has 0 heterocycles. The van der Waals surface area contributed by atoms with Gasteiger partial charge in [0.15, 0.2) is 0 Å².